The maximum atomic E-state index is 13.2. The molecule has 0 spiro atoms. The molecular formula is C9H8F2N2OS. The van der Waals surface area contributed by atoms with Gasteiger partial charge in [-0.2, -0.15) is 7.77 Å². The zero-order valence-corrected chi connectivity index (χ0v) is 8.65. The molecule has 0 aliphatic carbocycles. The number of rotatable bonds is 1. The normalized spacial score (nSPS) is 13.0. The number of para-hydroxylation sites is 1. The molecule has 15 heavy (non-hydrogen) atoms. The van der Waals surface area contributed by atoms with Crippen LogP contribution in [0.25, 0.3) is 10.9 Å². The fourth-order valence-corrected chi connectivity index (χ4v) is 2.18. The molecule has 1 aromatic heterocycles. The van der Waals surface area contributed by atoms with Crippen LogP contribution in [0.1, 0.15) is 0 Å². The van der Waals surface area contributed by atoms with Crippen molar-refractivity contribution in [1.29, 1.82) is 0 Å². The summed E-state index contributed by atoms with van der Waals surface area (Å²) in [6.07, 6.45) is 2.00. The van der Waals surface area contributed by atoms with Crippen LogP contribution in [-0.4, -0.2) is 16.2 Å². The molecule has 0 saturated heterocycles. The zero-order chi connectivity index (χ0) is 11.1. The van der Waals surface area contributed by atoms with Gasteiger partial charge in [-0.05, 0) is 12.1 Å². The highest BCUT2D eigenvalue weighted by Gasteiger charge is 2.22. The highest BCUT2D eigenvalue weighted by molar-refractivity contribution is 8.24. The number of aromatic amines is 1. The third-order valence-corrected chi connectivity index (χ3v) is 3.12. The molecule has 0 fully saturated rings. The average Bonchev–Trinajstić information content (AvgIpc) is 2.16. The molecular weight excluding hydrogens is 222 g/mol. The first-order chi connectivity index (χ1) is 7.00. The second-order valence-corrected chi connectivity index (χ2v) is 5.00. The van der Waals surface area contributed by atoms with E-state index in [0.717, 1.165) is 12.6 Å². The maximum absolute atomic E-state index is 13.2. The van der Waals surface area contributed by atoms with Crippen LogP contribution in [0.5, 0.6) is 0 Å². The summed E-state index contributed by atoms with van der Waals surface area (Å²) in [4.78, 5) is 17.3. The smallest absolute Gasteiger partial charge is 0.258 e. The molecule has 0 aliphatic heterocycles. The molecule has 3 nitrogen and oxygen atoms in total. The zero-order valence-electron chi connectivity index (χ0n) is 7.83. The van der Waals surface area contributed by atoms with Crippen LogP contribution < -0.4 is 5.56 Å². The minimum absolute atomic E-state index is 0.0868. The standard InChI is InChI=1S/C9H8F2N2OS/c1-15(10,11)7-4-2-3-6-8(7)12-5-13-9(6)14/h2-5H,1H3,(H,12,13,14). The highest BCUT2D eigenvalue weighted by atomic mass is 32.3. The van der Waals surface area contributed by atoms with E-state index >= 15 is 0 Å². The topological polar surface area (TPSA) is 45.8 Å². The lowest BCUT2D eigenvalue weighted by Gasteiger charge is -2.15. The van der Waals surface area contributed by atoms with E-state index < -0.39 is 16.4 Å². The van der Waals surface area contributed by atoms with Gasteiger partial charge in [-0.15, -0.1) is 0 Å². The summed E-state index contributed by atoms with van der Waals surface area (Å²) in [5.74, 6) is 0. The van der Waals surface area contributed by atoms with E-state index in [0.29, 0.717) is 0 Å². The SMILES string of the molecule is CS(F)(F)c1cccc2c(=O)[nH]cnc12. The van der Waals surface area contributed by atoms with Gasteiger partial charge < -0.3 is 4.98 Å². The molecule has 0 atom stereocenters. The average molecular weight is 230 g/mol. The largest absolute Gasteiger partial charge is 0.313 e. The van der Waals surface area contributed by atoms with Crippen molar-refractivity contribution in [2.24, 2.45) is 0 Å². The van der Waals surface area contributed by atoms with Crippen molar-refractivity contribution in [1.82, 2.24) is 9.97 Å². The van der Waals surface area contributed by atoms with Gasteiger partial charge >= 0.3 is 0 Å². The molecule has 0 unspecified atom stereocenters. The first kappa shape index (κ1) is 10.1. The van der Waals surface area contributed by atoms with Crippen molar-refractivity contribution in [2.75, 3.05) is 6.26 Å². The van der Waals surface area contributed by atoms with Crippen molar-refractivity contribution in [3.8, 4) is 0 Å². The Morgan fingerprint density at radius 1 is 1.40 bits per heavy atom. The minimum atomic E-state index is -3.86. The molecule has 1 N–H and O–H groups in total. The molecule has 80 valence electrons. The fraction of sp³-hybridized carbons (Fsp3) is 0.111. The summed E-state index contributed by atoms with van der Waals surface area (Å²) in [6.45, 7) is 0. The molecule has 0 aliphatic rings. The van der Waals surface area contributed by atoms with Gasteiger partial charge in [-0.1, -0.05) is 6.07 Å². The van der Waals surface area contributed by atoms with Crippen LogP contribution in [0.15, 0.2) is 34.2 Å². The fourth-order valence-electron chi connectivity index (χ4n) is 1.36. The number of hydrogen-bond acceptors (Lipinski definition) is 2. The van der Waals surface area contributed by atoms with E-state index in [-0.39, 0.29) is 15.8 Å². The molecule has 0 bridgehead atoms. The van der Waals surface area contributed by atoms with Crippen molar-refractivity contribution in [2.45, 2.75) is 4.90 Å². The van der Waals surface area contributed by atoms with Crippen LogP contribution in [0.4, 0.5) is 7.77 Å². The molecule has 0 saturated carbocycles. The Labute approximate surface area is 86.1 Å². The van der Waals surface area contributed by atoms with E-state index in [9.17, 15) is 12.6 Å². The monoisotopic (exact) mass is 230 g/mol. The first-order valence-corrected chi connectivity index (χ1v) is 5.98. The lowest BCUT2D eigenvalue weighted by molar-refractivity contribution is 0.753. The molecule has 6 heteroatoms. The van der Waals surface area contributed by atoms with E-state index in [1.54, 1.807) is 0 Å². The van der Waals surface area contributed by atoms with Crippen molar-refractivity contribution in [3.05, 3.63) is 34.9 Å². The van der Waals surface area contributed by atoms with Crippen LogP contribution in [0.3, 0.4) is 0 Å². The minimum Gasteiger partial charge on any atom is -0.313 e. The molecule has 2 aromatic rings. The highest BCUT2D eigenvalue weighted by Crippen LogP contribution is 2.57. The van der Waals surface area contributed by atoms with Crippen LogP contribution in [0.2, 0.25) is 0 Å². The lowest BCUT2D eigenvalue weighted by atomic mass is 10.2. The van der Waals surface area contributed by atoms with Gasteiger partial charge in [0.2, 0.25) is 0 Å². The molecule has 0 amide bonds. The maximum Gasteiger partial charge on any atom is 0.258 e. The number of fused-ring (bicyclic) bond motifs is 1. The molecule has 1 heterocycles. The Morgan fingerprint density at radius 2 is 2.13 bits per heavy atom. The van der Waals surface area contributed by atoms with Gasteiger partial charge in [0.1, 0.15) is 0 Å². The van der Waals surface area contributed by atoms with E-state index in [2.05, 4.69) is 9.97 Å². The summed E-state index contributed by atoms with van der Waals surface area (Å²) in [7, 11) is -3.86. The number of halogens is 2. The van der Waals surface area contributed by atoms with Gasteiger partial charge in [0, 0.05) is 6.26 Å². The van der Waals surface area contributed by atoms with Gasteiger partial charge in [0.15, 0.2) is 0 Å². The second-order valence-electron chi connectivity index (χ2n) is 3.11. The van der Waals surface area contributed by atoms with Crippen molar-refractivity contribution < 1.29 is 7.77 Å². The summed E-state index contributed by atoms with van der Waals surface area (Å²) < 4.78 is 26.5. The van der Waals surface area contributed by atoms with Crippen LogP contribution >= 0.6 is 10.8 Å². The lowest BCUT2D eigenvalue weighted by Crippen LogP contribution is -2.07. The van der Waals surface area contributed by atoms with Gasteiger partial charge in [0.25, 0.3) is 5.56 Å². The summed E-state index contributed by atoms with van der Waals surface area (Å²) in [5.41, 5.74) is -0.311. The van der Waals surface area contributed by atoms with Crippen LogP contribution in [0, 0.1) is 0 Å². The summed E-state index contributed by atoms with van der Waals surface area (Å²) in [5, 5.41) is 0.198. The Bertz CT molecular complexity index is 562. The number of benzene rings is 1. The quantitative estimate of drug-likeness (QED) is 0.818. The second kappa shape index (κ2) is 3.30. The summed E-state index contributed by atoms with van der Waals surface area (Å²) >= 11 is 0. The van der Waals surface area contributed by atoms with Crippen molar-refractivity contribution >= 4 is 21.7 Å². The summed E-state index contributed by atoms with van der Waals surface area (Å²) in [6, 6.07) is 4.24. The van der Waals surface area contributed by atoms with Crippen LogP contribution in [-0.2, 0) is 0 Å². The Hall–Kier alpha value is -1.43. The molecule has 1 aromatic carbocycles. The third-order valence-electron chi connectivity index (χ3n) is 2.02. The Balaban J connectivity index is 2.89. The predicted octanol–water partition coefficient (Wildman–Crippen LogP) is 2.49. The van der Waals surface area contributed by atoms with E-state index in [4.69, 9.17) is 0 Å². The third kappa shape index (κ3) is 1.72. The Morgan fingerprint density at radius 3 is 2.80 bits per heavy atom. The predicted molar refractivity (Wildman–Crippen MR) is 56.4 cm³/mol. The van der Waals surface area contributed by atoms with Crippen molar-refractivity contribution in [3.63, 3.8) is 0 Å². The molecule has 0 radical (unpaired) electrons. The van der Waals surface area contributed by atoms with Gasteiger partial charge in [0.05, 0.1) is 32.9 Å². The van der Waals surface area contributed by atoms with Gasteiger partial charge in [-0.25, -0.2) is 4.98 Å². The molecule has 2 rings (SSSR count). The van der Waals surface area contributed by atoms with E-state index in [1.807, 2.05) is 0 Å². The number of aromatic nitrogens is 2. The van der Waals surface area contributed by atoms with Gasteiger partial charge in [-0.3, -0.25) is 4.79 Å². The number of H-pyrrole nitrogens is 1. The number of nitrogens with one attached hydrogen (secondary N) is 1. The Kier molecular flexibility index (Phi) is 2.22. The number of hydrogen-bond donors (Lipinski definition) is 1. The van der Waals surface area contributed by atoms with E-state index in [1.165, 1.54) is 18.2 Å². The first-order valence-electron chi connectivity index (χ1n) is 4.14. The number of nitrogens with zero attached hydrogens (tertiary/aromatic N) is 1.